The largest absolute Gasteiger partial charge is 0.327 e. The van der Waals surface area contributed by atoms with Gasteiger partial charge in [-0.15, -0.1) is 11.6 Å². The number of thioether (sulfide) groups is 1. The number of aryl methyl sites for hydroxylation is 1. The van der Waals surface area contributed by atoms with Crippen molar-refractivity contribution in [2.24, 2.45) is 0 Å². The fourth-order valence-corrected chi connectivity index (χ4v) is 4.70. The monoisotopic (exact) mass is 372 g/mol. The molecule has 0 N–H and O–H groups in total. The normalized spacial score (nSPS) is 22.8. The second-order valence-corrected chi connectivity index (χ2v) is 8.56. The van der Waals surface area contributed by atoms with E-state index in [0.717, 1.165) is 28.8 Å². The molecule has 108 valence electrons. The number of fused-ring (bicyclic) bond motifs is 1. The van der Waals surface area contributed by atoms with Crippen molar-refractivity contribution in [2.75, 3.05) is 11.6 Å². The summed E-state index contributed by atoms with van der Waals surface area (Å²) in [6.07, 6.45) is 3.43. The molecule has 1 aliphatic heterocycles. The molecule has 1 aromatic heterocycles. The molecule has 1 unspecified atom stereocenters. The summed E-state index contributed by atoms with van der Waals surface area (Å²) in [7, 11) is 0. The number of hydrogen-bond acceptors (Lipinski definition) is 2. The zero-order valence-corrected chi connectivity index (χ0v) is 14.7. The number of hydrogen-bond donors (Lipinski definition) is 0. The van der Waals surface area contributed by atoms with Crippen molar-refractivity contribution in [1.82, 2.24) is 9.55 Å². The van der Waals surface area contributed by atoms with Crippen LogP contribution in [0.5, 0.6) is 0 Å². The van der Waals surface area contributed by atoms with E-state index in [4.69, 9.17) is 16.6 Å². The number of rotatable bonds is 4. The molecule has 1 aromatic carbocycles. The quantitative estimate of drug-likeness (QED) is 0.712. The van der Waals surface area contributed by atoms with E-state index >= 15 is 0 Å². The Morgan fingerprint density at radius 1 is 1.50 bits per heavy atom. The van der Waals surface area contributed by atoms with Gasteiger partial charge in [-0.05, 0) is 43.7 Å². The number of imidazole rings is 1. The van der Waals surface area contributed by atoms with E-state index in [2.05, 4.69) is 57.4 Å². The predicted molar refractivity (Wildman–Crippen MR) is 92.0 cm³/mol. The molecular weight excluding hydrogens is 356 g/mol. The van der Waals surface area contributed by atoms with Crippen molar-refractivity contribution in [2.45, 2.75) is 37.5 Å². The number of nitrogens with zero attached hydrogens (tertiary/aromatic N) is 2. The Balaban J connectivity index is 2.05. The van der Waals surface area contributed by atoms with Gasteiger partial charge in [0.15, 0.2) is 0 Å². The van der Waals surface area contributed by atoms with E-state index in [1.54, 1.807) is 0 Å². The van der Waals surface area contributed by atoms with Crippen LogP contribution >= 0.6 is 39.3 Å². The van der Waals surface area contributed by atoms with E-state index in [1.807, 2.05) is 0 Å². The van der Waals surface area contributed by atoms with Crippen LogP contribution in [-0.2, 0) is 13.0 Å². The molecule has 0 amide bonds. The molecule has 0 aliphatic carbocycles. The van der Waals surface area contributed by atoms with Crippen LogP contribution in [0.25, 0.3) is 11.0 Å². The molecule has 0 bridgehead atoms. The zero-order valence-electron chi connectivity index (χ0n) is 11.5. The summed E-state index contributed by atoms with van der Waals surface area (Å²) in [5.41, 5.74) is 2.29. The topological polar surface area (TPSA) is 17.8 Å². The summed E-state index contributed by atoms with van der Waals surface area (Å²) < 4.78 is 3.81. The van der Waals surface area contributed by atoms with Gasteiger partial charge in [0.25, 0.3) is 0 Å². The lowest BCUT2D eigenvalue weighted by molar-refractivity contribution is 0.507. The minimum Gasteiger partial charge on any atom is -0.327 e. The minimum absolute atomic E-state index is 0.330. The maximum Gasteiger partial charge on any atom is 0.111 e. The Bertz CT molecular complexity index is 620. The molecule has 2 aromatic rings. The average molecular weight is 374 g/mol. The van der Waals surface area contributed by atoms with Crippen molar-refractivity contribution in [1.29, 1.82) is 0 Å². The van der Waals surface area contributed by atoms with Crippen LogP contribution < -0.4 is 0 Å². The summed E-state index contributed by atoms with van der Waals surface area (Å²) in [6.45, 7) is 3.40. The highest BCUT2D eigenvalue weighted by molar-refractivity contribution is 9.10. The first-order valence-corrected chi connectivity index (χ1v) is 9.27. The fourth-order valence-electron chi connectivity index (χ4n) is 2.89. The third-order valence-corrected chi connectivity index (χ3v) is 6.11. The molecule has 0 saturated carbocycles. The van der Waals surface area contributed by atoms with E-state index in [9.17, 15) is 0 Å². The SMILES string of the molecule is CC1(Cn2c(CCCl)nc3ccc(Br)cc32)CCCS1. The molecule has 0 spiro atoms. The first-order chi connectivity index (χ1) is 9.61. The average Bonchev–Trinajstić information content (AvgIpc) is 2.97. The first-order valence-electron chi connectivity index (χ1n) is 6.96. The van der Waals surface area contributed by atoms with Crippen LogP contribution in [0, 0.1) is 0 Å². The van der Waals surface area contributed by atoms with Crippen molar-refractivity contribution in [3.05, 3.63) is 28.5 Å². The Hall–Kier alpha value is -0.190. The molecule has 5 heteroatoms. The molecule has 2 nitrogen and oxygen atoms in total. The van der Waals surface area contributed by atoms with Crippen molar-refractivity contribution in [3.63, 3.8) is 0 Å². The second-order valence-electron chi connectivity index (χ2n) is 5.59. The van der Waals surface area contributed by atoms with Crippen molar-refractivity contribution < 1.29 is 0 Å². The van der Waals surface area contributed by atoms with Gasteiger partial charge in [0, 0.05) is 28.1 Å². The highest BCUT2D eigenvalue weighted by Gasteiger charge is 2.31. The summed E-state index contributed by atoms with van der Waals surface area (Å²) in [4.78, 5) is 4.77. The zero-order chi connectivity index (χ0) is 14.2. The smallest absolute Gasteiger partial charge is 0.111 e. The first kappa shape index (κ1) is 14.7. The molecule has 0 radical (unpaired) electrons. The van der Waals surface area contributed by atoms with Crippen LogP contribution in [0.15, 0.2) is 22.7 Å². The van der Waals surface area contributed by atoms with Crippen LogP contribution in [-0.4, -0.2) is 25.9 Å². The Morgan fingerprint density at radius 2 is 2.35 bits per heavy atom. The number of alkyl halides is 1. The van der Waals surface area contributed by atoms with Crippen molar-refractivity contribution >= 4 is 50.3 Å². The fraction of sp³-hybridized carbons (Fsp3) is 0.533. The Kier molecular flexibility index (Phi) is 4.34. The summed E-state index contributed by atoms with van der Waals surface area (Å²) in [5.74, 6) is 3.01. The van der Waals surface area contributed by atoms with Crippen LogP contribution in [0.4, 0.5) is 0 Å². The maximum absolute atomic E-state index is 5.95. The van der Waals surface area contributed by atoms with Crippen LogP contribution in [0.2, 0.25) is 0 Å². The van der Waals surface area contributed by atoms with Gasteiger partial charge >= 0.3 is 0 Å². The van der Waals surface area contributed by atoms with Crippen LogP contribution in [0.3, 0.4) is 0 Å². The lowest BCUT2D eigenvalue weighted by atomic mass is 10.1. The molecule has 1 saturated heterocycles. The number of halogens is 2. The van der Waals surface area contributed by atoms with Gasteiger partial charge in [-0.2, -0.15) is 11.8 Å². The van der Waals surface area contributed by atoms with Crippen molar-refractivity contribution in [3.8, 4) is 0 Å². The maximum atomic E-state index is 5.95. The highest BCUT2D eigenvalue weighted by Crippen LogP contribution is 2.40. The van der Waals surface area contributed by atoms with Gasteiger partial charge in [-0.3, -0.25) is 0 Å². The van der Waals surface area contributed by atoms with E-state index < -0.39 is 0 Å². The third-order valence-electron chi connectivity index (χ3n) is 3.90. The van der Waals surface area contributed by atoms with E-state index in [-0.39, 0.29) is 0 Å². The molecular formula is C15H18BrClN2S. The van der Waals surface area contributed by atoms with Gasteiger partial charge in [0.1, 0.15) is 5.82 Å². The van der Waals surface area contributed by atoms with Crippen LogP contribution in [0.1, 0.15) is 25.6 Å². The van der Waals surface area contributed by atoms with E-state index in [0.29, 0.717) is 10.6 Å². The molecule has 20 heavy (non-hydrogen) atoms. The standard InChI is InChI=1S/C15H18BrClN2S/c1-15(6-2-8-20-15)10-19-13-9-11(16)3-4-12(13)18-14(19)5-7-17/h3-4,9H,2,5-8,10H2,1H3. The van der Waals surface area contributed by atoms with Gasteiger partial charge in [0.05, 0.1) is 11.0 Å². The molecule has 1 fully saturated rings. The summed E-state index contributed by atoms with van der Waals surface area (Å²) >= 11 is 11.6. The van der Waals surface area contributed by atoms with Gasteiger partial charge in [0.2, 0.25) is 0 Å². The Labute approximate surface area is 137 Å². The van der Waals surface area contributed by atoms with Gasteiger partial charge in [-0.1, -0.05) is 15.9 Å². The lowest BCUT2D eigenvalue weighted by Gasteiger charge is -2.24. The highest BCUT2D eigenvalue weighted by atomic mass is 79.9. The second kappa shape index (κ2) is 5.90. The number of benzene rings is 1. The molecule has 1 aliphatic rings. The van der Waals surface area contributed by atoms with Gasteiger partial charge in [-0.25, -0.2) is 4.98 Å². The third kappa shape index (κ3) is 2.88. The molecule has 3 rings (SSSR count). The summed E-state index contributed by atoms with van der Waals surface area (Å²) in [5, 5.41) is 0. The molecule has 2 heterocycles. The lowest BCUT2D eigenvalue weighted by Crippen LogP contribution is -2.25. The van der Waals surface area contributed by atoms with E-state index in [1.165, 1.54) is 24.1 Å². The Morgan fingerprint density at radius 3 is 3.05 bits per heavy atom. The molecule has 1 atom stereocenters. The summed E-state index contributed by atoms with van der Waals surface area (Å²) in [6, 6.07) is 6.30. The number of aromatic nitrogens is 2. The predicted octanol–water partition coefficient (Wildman–Crippen LogP) is 4.87. The minimum atomic E-state index is 0.330. The van der Waals surface area contributed by atoms with Gasteiger partial charge < -0.3 is 4.57 Å².